The van der Waals surface area contributed by atoms with Gasteiger partial charge in [-0.3, -0.25) is 0 Å². The number of hydrogen-bond acceptors (Lipinski definition) is 0. The van der Waals surface area contributed by atoms with Gasteiger partial charge in [-0.15, -0.1) is 6.58 Å². The van der Waals surface area contributed by atoms with E-state index in [2.05, 4.69) is 40.9 Å². The summed E-state index contributed by atoms with van der Waals surface area (Å²) in [7, 11) is 0. The lowest BCUT2D eigenvalue weighted by Crippen LogP contribution is -2.01. The highest BCUT2D eigenvalue weighted by atomic mass is 19.1. The first-order valence-corrected chi connectivity index (χ1v) is 10.9. The topological polar surface area (TPSA) is 0 Å². The van der Waals surface area contributed by atoms with E-state index in [4.69, 9.17) is 0 Å². The maximum Gasteiger partial charge on any atom is 0.126 e. The van der Waals surface area contributed by atoms with Crippen LogP contribution in [0.5, 0.6) is 0 Å². The number of hydrogen-bond donors (Lipinski definition) is 0. The maximum absolute atomic E-state index is 13.5. The number of aryl methyl sites for hydroxylation is 1. The van der Waals surface area contributed by atoms with E-state index in [1.807, 2.05) is 26.0 Å². The molecule has 0 nitrogen and oxygen atoms in total. The lowest BCUT2D eigenvalue weighted by atomic mass is 9.89. The summed E-state index contributed by atoms with van der Waals surface area (Å²) in [6, 6.07) is 5.36. The quantitative estimate of drug-likeness (QED) is 0.281. The molecule has 0 N–H and O–H groups in total. The van der Waals surface area contributed by atoms with Gasteiger partial charge in [0.15, 0.2) is 0 Å². The molecule has 0 saturated heterocycles. The van der Waals surface area contributed by atoms with Crippen molar-refractivity contribution in [3.05, 3.63) is 53.9 Å². The fraction of sp³-hybridized carbons (Fsp3) is 0.615. The Morgan fingerprint density at radius 1 is 0.963 bits per heavy atom. The average Bonchev–Trinajstić information content (AvgIpc) is 2.65. The third-order valence-corrected chi connectivity index (χ3v) is 4.54. The third kappa shape index (κ3) is 14.4. The van der Waals surface area contributed by atoms with Crippen molar-refractivity contribution in [3.63, 3.8) is 0 Å². The van der Waals surface area contributed by atoms with E-state index in [-0.39, 0.29) is 5.82 Å². The molecule has 27 heavy (non-hydrogen) atoms. The molecule has 0 amide bonds. The molecule has 0 heterocycles. The van der Waals surface area contributed by atoms with Crippen molar-refractivity contribution in [1.82, 2.24) is 0 Å². The van der Waals surface area contributed by atoms with Gasteiger partial charge in [-0.1, -0.05) is 97.4 Å². The molecule has 1 aromatic carbocycles. The van der Waals surface area contributed by atoms with Crippen molar-refractivity contribution in [3.8, 4) is 0 Å². The summed E-state index contributed by atoms with van der Waals surface area (Å²) in [6.07, 6.45) is 10.0. The molecule has 156 valence electrons. The summed E-state index contributed by atoms with van der Waals surface area (Å²) in [5.41, 5.74) is 3.81. The highest BCUT2D eigenvalue weighted by Gasteiger charge is 2.11. The largest absolute Gasteiger partial charge is 0.207 e. The second-order valence-corrected chi connectivity index (χ2v) is 7.27. The zero-order valence-electron chi connectivity index (χ0n) is 19.3. The zero-order chi connectivity index (χ0) is 21.2. The highest BCUT2D eigenvalue weighted by Crippen LogP contribution is 2.27. The van der Waals surface area contributed by atoms with Gasteiger partial charge < -0.3 is 0 Å². The molecule has 0 aliphatic rings. The van der Waals surface area contributed by atoms with Crippen molar-refractivity contribution >= 4 is 5.57 Å². The molecule has 0 aromatic heterocycles. The fourth-order valence-corrected chi connectivity index (χ4v) is 2.81. The van der Waals surface area contributed by atoms with Gasteiger partial charge in [0.2, 0.25) is 0 Å². The van der Waals surface area contributed by atoms with Crippen LogP contribution in [0.15, 0.2) is 36.9 Å². The van der Waals surface area contributed by atoms with Gasteiger partial charge in [-0.2, -0.15) is 0 Å². The third-order valence-electron chi connectivity index (χ3n) is 4.54. The fourth-order valence-electron chi connectivity index (χ4n) is 2.81. The Bertz CT molecular complexity index is 509. The highest BCUT2D eigenvalue weighted by molar-refractivity contribution is 5.63. The molecule has 0 radical (unpaired) electrons. The summed E-state index contributed by atoms with van der Waals surface area (Å²) in [6.45, 7) is 22.6. The number of benzene rings is 1. The van der Waals surface area contributed by atoms with Crippen LogP contribution in [0.3, 0.4) is 0 Å². The second-order valence-electron chi connectivity index (χ2n) is 7.27. The Balaban J connectivity index is 0. The molecular formula is C26H45F. The van der Waals surface area contributed by atoms with Crippen LogP contribution in [-0.2, 0) is 0 Å². The first-order valence-electron chi connectivity index (χ1n) is 10.9. The summed E-state index contributed by atoms with van der Waals surface area (Å²) in [5.74, 6) is 0.404. The summed E-state index contributed by atoms with van der Waals surface area (Å²) >= 11 is 0. The Hall–Kier alpha value is -1.37. The van der Waals surface area contributed by atoms with Crippen LogP contribution in [0.2, 0.25) is 0 Å². The van der Waals surface area contributed by atoms with Crippen LogP contribution >= 0.6 is 0 Å². The number of allylic oxidation sites excluding steroid dienone is 2. The molecule has 1 heteroatoms. The van der Waals surface area contributed by atoms with Gasteiger partial charge in [0.05, 0.1) is 0 Å². The predicted molar refractivity (Wildman–Crippen MR) is 124 cm³/mol. The Kier molecular flexibility index (Phi) is 18.6. The van der Waals surface area contributed by atoms with Gasteiger partial charge in [0.25, 0.3) is 0 Å². The monoisotopic (exact) mass is 376 g/mol. The average molecular weight is 377 g/mol. The number of unbranched alkanes of at least 4 members (excludes halogenated alkanes) is 4. The first kappa shape index (κ1) is 27.8. The smallest absolute Gasteiger partial charge is 0.126 e. The molecule has 0 bridgehead atoms. The molecular weight excluding hydrogens is 331 g/mol. The Labute approximate surface area is 170 Å². The van der Waals surface area contributed by atoms with Gasteiger partial charge in [0, 0.05) is 0 Å². The summed E-state index contributed by atoms with van der Waals surface area (Å²) < 4.78 is 13.5. The number of halogens is 1. The van der Waals surface area contributed by atoms with E-state index in [0.717, 1.165) is 30.4 Å². The van der Waals surface area contributed by atoms with Crippen molar-refractivity contribution < 1.29 is 4.39 Å². The minimum atomic E-state index is -0.151. The molecule has 1 aromatic rings. The van der Waals surface area contributed by atoms with Crippen LogP contribution < -0.4 is 0 Å². The molecule has 1 atom stereocenters. The van der Waals surface area contributed by atoms with Gasteiger partial charge >= 0.3 is 0 Å². The molecule has 0 saturated carbocycles. The summed E-state index contributed by atoms with van der Waals surface area (Å²) in [4.78, 5) is 0. The second kappa shape index (κ2) is 18.0. The normalized spacial score (nSPS) is 10.8. The maximum atomic E-state index is 13.5. The van der Waals surface area contributed by atoms with E-state index < -0.39 is 0 Å². The van der Waals surface area contributed by atoms with Gasteiger partial charge in [-0.25, -0.2) is 4.39 Å². The Morgan fingerprint density at radius 2 is 1.52 bits per heavy atom. The van der Waals surface area contributed by atoms with Crippen molar-refractivity contribution in [1.29, 1.82) is 0 Å². The van der Waals surface area contributed by atoms with Crippen molar-refractivity contribution in [2.75, 3.05) is 0 Å². The van der Waals surface area contributed by atoms with Crippen LogP contribution in [0.4, 0.5) is 4.39 Å². The minimum absolute atomic E-state index is 0.151. The molecule has 0 aliphatic carbocycles. The first-order chi connectivity index (χ1) is 12.8. The molecule has 0 spiro atoms. The molecule has 0 aliphatic heterocycles. The van der Waals surface area contributed by atoms with Crippen LogP contribution in [0.25, 0.3) is 5.57 Å². The van der Waals surface area contributed by atoms with Crippen LogP contribution in [-0.4, -0.2) is 0 Å². The predicted octanol–water partition coefficient (Wildman–Crippen LogP) is 9.53. The molecule has 1 unspecified atom stereocenters. The van der Waals surface area contributed by atoms with Gasteiger partial charge in [0.1, 0.15) is 5.82 Å². The van der Waals surface area contributed by atoms with Crippen LogP contribution in [0.1, 0.15) is 104 Å². The van der Waals surface area contributed by atoms with E-state index in [1.165, 1.54) is 37.7 Å². The van der Waals surface area contributed by atoms with Crippen molar-refractivity contribution in [2.24, 2.45) is 5.92 Å². The molecule has 0 fully saturated rings. The lowest BCUT2D eigenvalue weighted by Gasteiger charge is -2.17. The molecule has 1 rings (SSSR count). The van der Waals surface area contributed by atoms with E-state index in [0.29, 0.717) is 11.5 Å². The van der Waals surface area contributed by atoms with E-state index in [9.17, 15) is 4.39 Å². The SMILES string of the molecule is C=C(C)CC(CC)CC(=C)c1ccc(C)c(F)c1.CC.CCCCCCC. The standard InChI is InChI=1S/C17H23F.C7H16.C2H6/c1-6-15(9-12(2)3)10-14(5)16-8-7-13(4)17(18)11-16;1-3-5-7-6-4-2;1-2/h7-8,11,15H,2,5-6,9-10H2,1,3-4H3;3-7H2,1-2H3;1-2H3. The summed E-state index contributed by atoms with van der Waals surface area (Å²) in [5, 5.41) is 0. The Morgan fingerprint density at radius 3 is 1.93 bits per heavy atom. The van der Waals surface area contributed by atoms with Crippen LogP contribution in [0, 0.1) is 18.7 Å². The zero-order valence-corrected chi connectivity index (χ0v) is 19.3. The lowest BCUT2D eigenvalue weighted by molar-refractivity contribution is 0.519. The van der Waals surface area contributed by atoms with E-state index in [1.54, 1.807) is 13.0 Å². The number of rotatable bonds is 10. The minimum Gasteiger partial charge on any atom is -0.207 e. The van der Waals surface area contributed by atoms with Gasteiger partial charge in [-0.05, 0) is 55.4 Å². The van der Waals surface area contributed by atoms with Crippen molar-refractivity contribution in [2.45, 2.75) is 99.8 Å². The van der Waals surface area contributed by atoms with E-state index >= 15 is 0 Å².